The minimum Gasteiger partial charge on any atom is -0.493 e. The van der Waals surface area contributed by atoms with E-state index in [1.165, 1.54) is 0 Å². The second-order valence-electron chi connectivity index (χ2n) is 6.22. The van der Waals surface area contributed by atoms with Crippen molar-refractivity contribution in [3.8, 4) is 5.75 Å². The number of anilines is 1. The molecule has 1 unspecified atom stereocenters. The molecule has 1 rings (SSSR count). The number of carbonyl (C=O) groups is 1. The molecule has 1 atom stereocenters. The first-order valence-corrected chi connectivity index (χ1v) is 8.00. The van der Waals surface area contributed by atoms with Gasteiger partial charge >= 0.3 is 0 Å². The summed E-state index contributed by atoms with van der Waals surface area (Å²) >= 11 is 0. The van der Waals surface area contributed by atoms with Gasteiger partial charge in [-0.3, -0.25) is 4.79 Å². The van der Waals surface area contributed by atoms with E-state index >= 15 is 0 Å². The fourth-order valence-electron chi connectivity index (χ4n) is 1.98. The maximum Gasteiger partial charge on any atom is 0.256 e. The Labute approximate surface area is 134 Å². The molecule has 0 aliphatic heterocycles. The van der Waals surface area contributed by atoms with E-state index in [4.69, 9.17) is 9.47 Å². The van der Waals surface area contributed by atoms with Gasteiger partial charge in [0.1, 0.15) is 11.4 Å². The van der Waals surface area contributed by atoms with Crippen LogP contribution in [0.3, 0.4) is 0 Å². The molecule has 0 aromatic heterocycles. The monoisotopic (exact) mass is 307 g/mol. The van der Waals surface area contributed by atoms with Crippen molar-refractivity contribution in [2.24, 2.45) is 5.92 Å². The van der Waals surface area contributed by atoms with Crippen molar-refractivity contribution >= 4 is 11.6 Å². The lowest BCUT2D eigenvalue weighted by Gasteiger charge is -2.26. The van der Waals surface area contributed by atoms with E-state index in [1.807, 2.05) is 31.2 Å². The Morgan fingerprint density at radius 1 is 1.27 bits per heavy atom. The predicted octanol–water partition coefficient (Wildman–Crippen LogP) is 4.26. The average molecular weight is 307 g/mol. The van der Waals surface area contributed by atoms with Crippen molar-refractivity contribution in [1.29, 1.82) is 0 Å². The maximum absolute atomic E-state index is 12.4. The molecule has 0 spiro atoms. The number of hydrogen-bond donors (Lipinski definition) is 1. The molecule has 4 heteroatoms. The molecule has 4 nitrogen and oxygen atoms in total. The summed E-state index contributed by atoms with van der Waals surface area (Å²) in [7, 11) is 1.58. The van der Waals surface area contributed by atoms with Crippen LogP contribution in [0, 0.1) is 5.92 Å². The summed E-state index contributed by atoms with van der Waals surface area (Å²) in [6, 6.07) is 7.44. The van der Waals surface area contributed by atoms with Crippen molar-refractivity contribution in [2.75, 3.05) is 19.0 Å². The van der Waals surface area contributed by atoms with Gasteiger partial charge < -0.3 is 14.8 Å². The molecule has 124 valence electrons. The summed E-state index contributed by atoms with van der Waals surface area (Å²) in [5.41, 5.74) is -0.0373. The van der Waals surface area contributed by atoms with Crippen LogP contribution in [0.25, 0.3) is 0 Å². The summed E-state index contributed by atoms with van der Waals surface area (Å²) in [6.07, 6.45) is 2.70. The highest BCUT2D eigenvalue weighted by molar-refractivity contribution is 5.97. The van der Waals surface area contributed by atoms with E-state index < -0.39 is 5.60 Å². The number of ether oxygens (including phenoxy) is 2. The zero-order chi connectivity index (χ0) is 16.6. The normalized spacial score (nSPS) is 13.7. The fraction of sp³-hybridized carbons (Fsp3) is 0.611. The van der Waals surface area contributed by atoms with Crippen LogP contribution in [0.4, 0.5) is 5.69 Å². The van der Waals surface area contributed by atoms with Crippen molar-refractivity contribution < 1.29 is 14.3 Å². The Balaban J connectivity index is 2.63. The Morgan fingerprint density at radius 2 is 1.91 bits per heavy atom. The third kappa shape index (κ3) is 5.68. The van der Waals surface area contributed by atoms with E-state index in [-0.39, 0.29) is 5.91 Å². The van der Waals surface area contributed by atoms with Crippen LogP contribution in [0.1, 0.15) is 47.0 Å². The van der Waals surface area contributed by atoms with Crippen LogP contribution in [-0.2, 0) is 9.53 Å². The van der Waals surface area contributed by atoms with Crippen LogP contribution in [-0.4, -0.2) is 25.2 Å². The lowest BCUT2D eigenvalue weighted by atomic mass is 9.97. The Hall–Kier alpha value is -1.55. The van der Waals surface area contributed by atoms with Gasteiger partial charge in [0.2, 0.25) is 0 Å². The molecule has 22 heavy (non-hydrogen) atoms. The highest BCUT2D eigenvalue weighted by atomic mass is 16.5. The molecule has 0 saturated carbocycles. The summed E-state index contributed by atoms with van der Waals surface area (Å²) < 4.78 is 11.1. The summed E-state index contributed by atoms with van der Waals surface area (Å²) in [6.45, 7) is 8.83. The van der Waals surface area contributed by atoms with Crippen molar-refractivity contribution in [1.82, 2.24) is 0 Å². The number of carbonyl (C=O) groups excluding carboxylic acids is 1. The standard InChI is InChI=1S/C18H29NO3/c1-6-7-12-18(4,21-5)17(20)19-15-8-10-16(11-9-15)22-13-14(2)3/h8-11,14H,6-7,12-13H2,1-5H3,(H,19,20). The van der Waals surface area contributed by atoms with E-state index in [2.05, 4.69) is 26.1 Å². The molecule has 1 amide bonds. The number of rotatable bonds is 9. The Kier molecular flexibility index (Phi) is 7.39. The van der Waals surface area contributed by atoms with Crippen LogP contribution in [0.15, 0.2) is 24.3 Å². The van der Waals surface area contributed by atoms with Crippen molar-refractivity contribution in [3.05, 3.63) is 24.3 Å². The quantitative estimate of drug-likeness (QED) is 0.741. The molecule has 1 N–H and O–H groups in total. The Morgan fingerprint density at radius 3 is 2.41 bits per heavy atom. The van der Waals surface area contributed by atoms with Crippen LogP contribution in [0.2, 0.25) is 0 Å². The lowest BCUT2D eigenvalue weighted by molar-refractivity contribution is -0.136. The number of amides is 1. The molecule has 1 aromatic carbocycles. The average Bonchev–Trinajstić information content (AvgIpc) is 2.51. The molecular formula is C18H29NO3. The van der Waals surface area contributed by atoms with Gasteiger partial charge in [0.15, 0.2) is 0 Å². The van der Waals surface area contributed by atoms with E-state index in [9.17, 15) is 4.79 Å². The molecular weight excluding hydrogens is 278 g/mol. The van der Waals surface area contributed by atoms with Gasteiger partial charge in [0.25, 0.3) is 5.91 Å². The lowest BCUT2D eigenvalue weighted by Crippen LogP contribution is -2.41. The Bertz CT molecular complexity index is 456. The third-order valence-corrected chi connectivity index (χ3v) is 3.63. The van der Waals surface area contributed by atoms with E-state index in [0.717, 1.165) is 24.3 Å². The topological polar surface area (TPSA) is 47.6 Å². The van der Waals surface area contributed by atoms with Gasteiger partial charge in [-0.05, 0) is 43.5 Å². The van der Waals surface area contributed by atoms with Crippen LogP contribution in [0.5, 0.6) is 5.75 Å². The highest BCUT2D eigenvalue weighted by Gasteiger charge is 2.32. The number of hydrogen-bond acceptors (Lipinski definition) is 3. The maximum atomic E-state index is 12.4. The van der Waals surface area contributed by atoms with Crippen molar-refractivity contribution in [2.45, 2.75) is 52.6 Å². The number of nitrogens with one attached hydrogen (secondary N) is 1. The smallest absolute Gasteiger partial charge is 0.256 e. The zero-order valence-electron chi connectivity index (χ0n) is 14.4. The first-order chi connectivity index (χ1) is 10.4. The van der Waals surface area contributed by atoms with Crippen LogP contribution < -0.4 is 10.1 Å². The summed E-state index contributed by atoms with van der Waals surface area (Å²) in [5.74, 6) is 1.19. The van der Waals surface area contributed by atoms with Gasteiger partial charge in [-0.1, -0.05) is 33.6 Å². The summed E-state index contributed by atoms with van der Waals surface area (Å²) in [4.78, 5) is 12.4. The zero-order valence-corrected chi connectivity index (χ0v) is 14.4. The fourth-order valence-corrected chi connectivity index (χ4v) is 1.98. The SMILES string of the molecule is CCCCC(C)(OC)C(=O)Nc1ccc(OCC(C)C)cc1. The van der Waals surface area contributed by atoms with Crippen molar-refractivity contribution in [3.63, 3.8) is 0 Å². The van der Waals surface area contributed by atoms with E-state index in [1.54, 1.807) is 7.11 Å². The number of unbranched alkanes of at least 4 members (excludes halogenated alkanes) is 1. The highest BCUT2D eigenvalue weighted by Crippen LogP contribution is 2.22. The minimum atomic E-state index is -0.789. The third-order valence-electron chi connectivity index (χ3n) is 3.63. The second-order valence-corrected chi connectivity index (χ2v) is 6.22. The van der Waals surface area contributed by atoms with Gasteiger partial charge in [-0.2, -0.15) is 0 Å². The first-order valence-electron chi connectivity index (χ1n) is 8.00. The second kappa shape index (κ2) is 8.79. The molecule has 0 aliphatic rings. The van der Waals surface area contributed by atoms with Gasteiger partial charge in [0, 0.05) is 12.8 Å². The minimum absolute atomic E-state index is 0.112. The molecule has 0 saturated heterocycles. The van der Waals surface area contributed by atoms with E-state index in [0.29, 0.717) is 18.9 Å². The molecule has 0 radical (unpaired) electrons. The molecule has 0 bridgehead atoms. The van der Waals surface area contributed by atoms with Crippen LogP contribution >= 0.6 is 0 Å². The first kappa shape index (κ1) is 18.5. The van der Waals surface area contributed by atoms with Gasteiger partial charge in [-0.25, -0.2) is 0 Å². The number of benzene rings is 1. The molecule has 1 aromatic rings. The molecule has 0 aliphatic carbocycles. The predicted molar refractivity (Wildman–Crippen MR) is 90.3 cm³/mol. The van der Waals surface area contributed by atoms with Gasteiger partial charge in [-0.15, -0.1) is 0 Å². The molecule has 0 heterocycles. The summed E-state index contributed by atoms with van der Waals surface area (Å²) in [5, 5.41) is 2.91. The number of methoxy groups -OCH3 is 1. The van der Waals surface area contributed by atoms with Gasteiger partial charge in [0.05, 0.1) is 6.61 Å². The molecule has 0 fully saturated rings. The largest absolute Gasteiger partial charge is 0.493 e.